The number of ether oxygens (including phenoxy) is 4. The summed E-state index contributed by atoms with van der Waals surface area (Å²) in [5.74, 6) is 1.78. The lowest BCUT2D eigenvalue weighted by Crippen LogP contribution is -2.17. The van der Waals surface area contributed by atoms with E-state index in [4.69, 9.17) is 18.9 Å². The average Bonchev–Trinajstić information content (AvgIpc) is 2.85. The highest BCUT2D eigenvalue weighted by Gasteiger charge is 2.21. The second-order valence-corrected chi connectivity index (χ2v) is 8.47. The Hall–Kier alpha value is -2.11. The normalized spacial score (nSPS) is 14.5. The van der Waals surface area contributed by atoms with Gasteiger partial charge >= 0.3 is 0 Å². The third-order valence-electron chi connectivity index (χ3n) is 5.50. The van der Waals surface area contributed by atoms with Gasteiger partial charge in [-0.3, -0.25) is 4.79 Å². The first-order valence-corrected chi connectivity index (χ1v) is 11.6. The van der Waals surface area contributed by atoms with E-state index in [1.54, 1.807) is 14.2 Å². The van der Waals surface area contributed by atoms with Crippen LogP contribution in [-0.4, -0.2) is 57.8 Å². The van der Waals surface area contributed by atoms with Crippen LogP contribution in [0.3, 0.4) is 0 Å². The molecule has 180 valence electrons. The molecule has 4 heterocycles. The molecule has 2 aliphatic rings. The van der Waals surface area contributed by atoms with E-state index in [2.05, 4.69) is 42.6 Å². The van der Waals surface area contributed by atoms with Crippen molar-refractivity contribution in [3.8, 4) is 0 Å². The molecule has 33 heavy (non-hydrogen) atoms. The van der Waals surface area contributed by atoms with Gasteiger partial charge in [0.25, 0.3) is 0 Å². The molecule has 0 saturated carbocycles. The van der Waals surface area contributed by atoms with Crippen LogP contribution in [0, 0.1) is 0 Å². The number of aromatic nitrogens is 2. The Labute approximate surface area is 202 Å². The van der Waals surface area contributed by atoms with E-state index >= 15 is 0 Å². The minimum atomic E-state index is -0.607. The fraction of sp³-hybridized carbons (Fsp3) is 0.522. The van der Waals surface area contributed by atoms with Crippen LogP contribution in [0.2, 0.25) is 0 Å². The summed E-state index contributed by atoms with van der Waals surface area (Å²) in [5.41, 5.74) is 4.15. The Bertz CT molecular complexity index is 951. The highest BCUT2D eigenvalue weighted by Crippen LogP contribution is 2.31. The standard InChI is InChI=1S/C12H16N2O3.C11H15BrN2O2/c1-16-12(17-2)10-9(7-15)6-8-4-3-5-13-11(8)14-10;1-15-11(16-2)9-8(12)6-7-4-3-5-13-10(7)14-9/h6-7,12H,3-5H2,1-2H3,(H,13,14);6,11H,3-5H2,1-2H3,(H,13,14). The van der Waals surface area contributed by atoms with Crippen molar-refractivity contribution in [3.63, 3.8) is 0 Å². The number of carbonyl (C=O) groups is 1. The predicted octanol–water partition coefficient (Wildman–Crippen LogP) is 4.04. The maximum Gasteiger partial charge on any atom is 0.201 e. The number of nitrogens with one attached hydrogen (secondary N) is 2. The third kappa shape index (κ3) is 6.07. The molecule has 0 radical (unpaired) electrons. The molecule has 0 aromatic carbocycles. The van der Waals surface area contributed by atoms with E-state index in [1.165, 1.54) is 19.8 Å². The van der Waals surface area contributed by atoms with Gasteiger partial charge in [0.2, 0.25) is 12.6 Å². The lowest BCUT2D eigenvalue weighted by atomic mass is 10.0. The maximum atomic E-state index is 11.1. The summed E-state index contributed by atoms with van der Waals surface area (Å²) in [6.45, 7) is 1.89. The van der Waals surface area contributed by atoms with E-state index in [0.717, 1.165) is 72.4 Å². The van der Waals surface area contributed by atoms with Crippen molar-refractivity contribution >= 4 is 33.9 Å². The van der Waals surface area contributed by atoms with Crippen molar-refractivity contribution in [2.24, 2.45) is 0 Å². The Morgan fingerprint density at radius 2 is 1.33 bits per heavy atom. The van der Waals surface area contributed by atoms with Crippen LogP contribution in [0.25, 0.3) is 0 Å². The van der Waals surface area contributed by atoms with Crippen molar-refractivity contribution in [1.29, 1.82) is 0 Å². The summed E-state index contributed by atoms with van der Waals surface area (Å²) in [7, 11) is 6.26. The van der Waals surface area contributed by atoms with Crippen molar-refractivity contribution in [2.75, 3.05) is 52.2 Å². The zero-order valence-corrected chi connectivity index (χ0v) is 21.0. The van der Waals surface area contributed by atoms with Crippen molar-refractivity contribution in [1.82, 2.24) is 9.97 Å². The maximum absolute atomic E-state index is 11.1. The van der Waals surface area contributed by atoms with Gasteiger partial charge in [-0.1, -0.05) is 0 Å². The van der Waals surface area contributed by atoms with E-state index < -0.39 is 12.6 Å². The molecule has 2 aliphatic heterocycles. The topological polar surface area (TPSA) is 104 Å². The molecule has 0 saturated heterocycles. The SMILES string of the molecule is COC(OC)c1nc2c(cc1Br)CCCN2.COC(OC)c1nc2c(cc1C=O)CCCN2. The number of fused-ring (bicyclic) bond motifs is 2. The quantitative estimate of drug-likeness (QED) is 0.411. The van der Waals surface area contributed by atoms with Gasteiger partial charge in [-0.15, -0.1) is 0 Å². The monoisotopic (exact) mass is 522 g/mol. The fourth-order valence-electron chi connectivity index (χ4n) is 3.87. The second-order valence-electron chi connectivity index (χ2n) is 7.62. The Morgan fingerprint density at radius 1 is 0.848 bits per heavy atom. The van der Waals surface area contributed by atoms with Gasteiger partial charge in [0.05, 0.1) is 0 Å². The number of aldehydes is 1. The highest BCUT2D eigenvalue weighted by molar-refractivity contribution is 9.10. The smallest absolute Gasteiger partial charge is 0.201 e. The molecule has 2 N–H and O–H groups in total. The van der Waals surface area contributed by atoms with Gasteiger partial charge in [0.15, 0.2) is 6.29 Å². The van der Waals surface area contributed by atoms with Crippen LogP contribution in [0.15, 0.2) is 16.6 Å². The molecule has 2 aromatic rings. The number of methoxy groups -OCH3 is 4. The molecule has 9 nitrogen and oxygen atoms in total. The second kappa shape index (κ2) is 12.4. The molecular formula is C23H31BrN4O5. The minimum absolute atomic E-state index is 0.427. The molecule has 0 amide bonds. The number of rotatable bonds is 7. The molecule has 0 bridgehead atoms. The molecule has 0 atom stereocenters. The summed E-state index contributed by atoms with van der Waals surface area (Å²) in [6, 6.07) is 3.96. The third-order valence-corrected chi connectivity index (χ3v) is 6.14. The number of hydrogen-bond acceptors (Lipinski definition) is 9. The van der Waals surface area contributed by atoms with E-state index in [0.29, 0.717) is 11.3 Å². The number of carbonyl (C=O) groups excluding carboxylic acids is 1. The molecule has 4 rings (SSSR count). The summed E-state index contributed by atoms with van der Waals surface area (Å²) in [6.07, 6.45) is 3.98. The highest BCUT2D eigenvalue weighted by atomic mass is 79.9. The van der Waals surface area contributed by atoms with Crippen molar-refractivity contribution < 1.29 is 23.7 Å². The number of anilines is 2. The zero-order chi connectivity index (χ0) is 23.8. The lowest BCUT2D eigenvalue weighted by Gasteiger charge is -2.21. The molecule has 2 aromatic heterocycles. The average molecular weight is 523 g/mol. The largest absolute Gasteiger partial charge is 0.370 e. The van der Waals surface area contributed by atoms with E-state index in [9.17, 15) is 4.79 Å². The number of nitrogens with zero attached hydrogens (tertiary/aromatic N) is 2. The van der Waals surface area contributed by atoms with Crippen LogP contribution in [0.4, 0.5) is 11.6 Å². The first-order valence-electron chi connectivity index (χ1n) is 10.8. The van der Waals surface area contributed by atoms with Crippen LogP contribution in [0.5, 0.6) is 0 Å². The van der Waals surface area contributed by atoms with Gasteiger partial charge in [-0.05, 0) is 64.9 Å². The zero-order valence-electron chi connectivity index (χ0n) is 19.4. The van der Waals surface area contributed by atoms with Crippen LogP contribution in [0.1, 0.15) is 58.3 Å². The Morgan fingerprint density at radius 3 is 1.85 bits per heavy atom. The summed E-state index contributed by atoms with van der Waals surface area (Å²) in [5, 5.41) is 6.51. The molecular weight excluding hydrogens is 492 g/mol. The van der Waals surface area contributed by atoms with Gasteiger partial charge in [0.1, 0.15) is 23.0 Å². The molecule has 0 fully saturated rings. The first kappa shape index (κ1) is 25.5. The van der Waals surface area contributed by atoms with Crippen LogP contribution >= 0.6 is 15.9 Å². The number of hydrogen-bond donors (Lipinski definition) is 2. The van der Waals surface area contributed by atoms with E-state index in [-0.39, 0.29) is 0 Å². The van der Waals surface area contributed by atoms with Crippen LogP contribution in [-0.2, 0) is 31.8 Å². The summed E-state index contributed by atoms with van der Waals surface area (Å²) in [4.78, 5) is 20.1. The minimum Gasteiger partial charge on any atom is -0.370 e. The van der Waals surface area contributed by atoms with Gasteiger partial charge in [-0.25, -0.2) is 9.97 Å². The van der Waals surface area contributed by atoms with E-state index in [1.807, 2.05) is 6.07 Å². The molecule has 0 unspecified atom stereocenters. The van der Waals surface area contributed by atoms with Crippen LogP contribution < -0.4 is 10.6 Å². The predicted molar refractivity (Wildman–Crippen MR) is 129 cm³/mol. The summed E-state index contributed by atoms with van der Waals surface area (Å²) >= 11 is 3.51. The van der Waals surface area contributed by atoms with Crippen molar-refractivity contribution in [2.45, 2.75) is 38.3 Å². The number of aryl methyl sites for hydroxylation is 2. The lowest BCUT2D eigenvalue weighted by molar-refractivity contribution is -0.109. The Balaban J connectivity index is 0.000000186. The fourth-order valence-corrected chi connectivity index (χ4v) is 4.43. The van der Waals surface area contributed by atoms with Crippen molar-refractivity contribution in [3.05, 3.63) is 44.7 Å². The first-order chi connectivity index (χ1) is 16.1. The van der Waals surface area contributed by atoms with Gasteiger partial charge in [0, 0.05) is 51.6 Å². The molecule has 10 heteroatoms. The molecule has 0 spiro atoms. The van der Waals surface area contributed by atoms with Gasteiger partial charge in [-0.2, -0.15) is 0 Å². The Kier molecular flexibility index (Phi) is 9.57. The molecule has 0 aliphatic carbocycles. The number of pyridine rings is 2. The summed E-state index contributed by atoms with van der Waals surface area (Å²) < 4.78 is 21.7. The number of halogens is 1. The van der Waals surface area contributed by atoms with Gasteiger partial charge < -0.3 is 29.6 Å².